The molecule has 0 amide bonds. The summed E-state index contributed by atoms with van der Waals surface area (Å²) in [5.74, 6) is 0. The Kier molecular flexibility index (Phi) is 13.0. The van der Waals surface area contributed by atoms with Crippen molar-refractivity contribution in [3.05, 3.63) is 48.0 Å². The normalized spacial score (nSPS) is 14.2. The molecule has 0 aromatic heterocycles. The highest BCUT2D eigenvalue weighted by Gasteiger charge is 1.97. The van der Waals surface area contributed by atoms with Crippen LogP contribution in [0.1, 0.15) is 40.0 Å². The van der Waals surface area contributed by atoms with Crippen molar-refractivity contribution < 1.29 is 0 Å². The second-order valence-corrected chi connectivity index (χ2v) is 3.31. The lowest BCUT2D eigenvalue weighted by atomic mass is 10.1. The van der Waals surface area contributed by atoms with E-state index in [0.29, 0.717) is 0 Å². The summed E-state index contributed by atoms with van der Waals surface area (Å²) in [6, 6.07) is 0. The van der Waals surface area contributed by atoms with E-state index in [0.717, 1.165) is 36.4 Å². The van der Waals surface area contributed by atoms with Crippen LogP contribution in [0.3, 0.4) is 0 Å². The molecule has 98 valence electrons. The zero-order valence-electron chi connectivity index (χ0n) is 11.4. The number of rotatable bonds is 2. The summed E-state index contributed by atoms with van der Waals surface area (Å²) >= 11 is 0. The van der Waals surface area contributed by atoms with Crippen molar-refractivity contribution in [1.29, 1.82) is 0 Å². The highest BCUT2D eigenvalue weighted by molar-refractivity contribution is 5.19. The van der Waals surface area contributed by atoms with Crippen molar-refractivity contribution in [3.63, 3.8) is 0 Å². The van der Waals surface area contributed by atoms with Crippen molar-refractivity contribution in [3.8, 4) is 0 Å². The first-order valence-corrected chi connectivity index (χ1v) is 6.07. The number of allylic oxidation sites excluding steroid dienone is 7. The van der Waals surface area contributed by atoms with Crippen LogP contribution in [-0.4, -0.2) is 0 Å². The minimum atomic E-state index is 0.884. The molecule has 0 aromatic carbocycles. The SMILES string of the molecule is C=C/C=C(/N)CC.CC.NC1=CC=C(N)CC1. The Balaban J connectivity index is 0. The molecule has 17 heavy (non-hydrogen) atoms. The van der Waals surface area contributed by atoms with Gasteiger partial charge in [0.05, 0.1) is 0 Å². The van der Waals surface area contributed by atoms with Crippen LogP contribution in [0.4, 0.5) is 0 Å². The summed E-state index contributed by atoms with van der Waals surface area (Å²) in [6.07, 6.45) is 9.97. The highest BCUT2D eigenvalue weighted by atomic mass is 14.6. The molecule has 6 N–H and O–H groups in total. The van der Waals surface area contributed by atoms with Gasteiger partial charge in [-0.1, -0.05) is 33.4 Å². The van der Waals surface area contributed by atoms with Crippen LogP contribution in [0.25, 0.3) is 0 Å². The van der Waals surface area contributed by atoms with E-state index in [1.807, 2.05) is 32.9 Å². The fourth-order valence-electron chi connectivity index (χ4n) is 0.939. The van der Waals surface area contributed by atoms with Gasteiger partial charge in [-0.05, 0) is 37.5 Å². The van der Waals surface area contributed by atoms with Crippen LogP contribution in [0, 0.1) is 0 Å². The number of nitrogens with two attached hydrogens (primary N) is 3. The highest BCUT2D eigenvalue weighted by Crippen LogP contribution is 2.09. The maximum atomic E-state index is 5.46. The van der Waals surface area contributed by atoms with Crippen LogP contribution in [0.5, 0.6) is 0 Å². The van der Waals surface area contributed by atoms with Gasteiger partial charge in [-0.2, -0.15) is 0 Å². The smallest absolute Gasteiger partial charge is 0.00849 e. The third-order valence-corrected chi connectivity index (χ3v) is 1.95. The molecule has 0 aliphatic heterocycles. The second-order valence-electron chi connectivity index (χ2n) is 3.31. The molecule has 0 unspecified atom stereocenters. The summed E-state index contributed by atoms with van der Waals surface area (Å²) in [7, 11) is 0. The van der Waals surface area contributed by atoms with Gasteiger partial charge < -0.3 is 17.2 Å². The lowest BCUT2D eigenvalue weighted by molar-refractivity contribution is 0.880. The third-order valence-electron chi connectivity index (χ3n) is 1.95. The lowest BCUT2D eigenvalue weighted by Crippen LogP contribution is -2.05. The summed E-state index contributed by atoms with van der Waals surface area (Å²) in [5, 5.41) is 0. The fraction of sp³-hybridized carbons (Fsp3) is 0.429. The molecule has 0 bridgehead atoms. The molecule has 1 rings (SSSR count). The first-order chi connectivity index (χ1) is 8.10. The van der Waals surface area contributed by atoms with Crippen LogP contribution in [0.15, 0.2) is 48.0 Å². The quantitative estimate of drug-likeness (QED) is 0.646. The molecule has 0 saturated heterocycles. The van der Waals surface area contributed by atoms with Crippen LogP contribution < -0.4 is 17.2 Å². The van der Waals surface area contributed by atoms with Crippen LogP contribution in [0.2, 0.25) is 0 Å². The van der Waals surface area contributed by atoms with Gasteiger partial charge in [-0.25, -0.2) is 0 Å². The average molecular weight is 237 g/mol. The van der Waals surface area contributed by atoms with Crippen molar-refractivity contribution in [1.82, 2.24) is 0 Å². The third kappa shape index (κ3) is 12.3. The van der Waals surface area contributed by atoms with Gasteiger partial charge in [0, 0.05) is 17.1 Å². The zero-order valence-corrected chi connectivity index (χ0v) is 11.4. The zero-order chi connectivity index (χ0) is 13.7. The predicted molar refractivity (Wildman–Crippen MR) is 77.9 cm³/mol. The van der Waals surface area contributed by atoms with Gasteiger partial charge >= 0.3 is 0 Å². The van der Waals surface area contributed by atoms with Crippen LogP contribution >= 0.6 is 0 Å². The van der Waals surface area contributed by atoms with Gasteiger partial charge in [0.2, 0.25) is 0 Å². The molecule has 1 aliphatic rings. The van der Waals surface area contributed by atoms with E-state index in [-0.39, 0.29) is 0 Å². The Morgan fingerprint density at radius 1 is 1.24 bits per heavy atom. The predicted octanol–water partition coefficient (Wildman–Crippen LogP) is 2.92. The van der Waals surface area contributed by atoms with Crippen molar-refractivity contribution in [2.45, 2.75) is 40.0 Å². The molecule has 0 spiro atoms. The minimum absolute atomic E-state index is 0.884. The number of hydrogen-bond donors (Lipinski definition) is 3. The summed E-state index contributed by atoms with van der Waals surface area (Å²) in [6.45, 7) is 9.50. The van der Waals surface area contributed by atoms with Crippen LogP contribution in [-0.2, 0) is 0 Å². The standard InChI is InChI=1S/C6H10N2.C6H11N.C2H6/c7-5-1-2-6(8)4-3-5;1-3-5-6(7)4-2;1-2/h1-2H,3-4,7-8H2;3,5H,1,4,7H2,2H3;1-2H3/b;6-5+;. The molecule has 3 nitrogen and oxygen atoms in total. The topological polar surface area (TPSA) is 78.1 Å². The molecule has 0 aromatic rings. The van der Waals surface area contributed by atoms with Gasteiger partial charge in [-0.15, -0.1) is 0 Å². The minimum Gasteiger partial charge on any atom is -0.402 e. The molecule has 1 aliphatic carbocycles. The molecule has 0 atom stereocenters. The number of hydrogen-bond acceptors (Lipinski definition) is 3. The maximum Gasteiger partial charge on any atom is 0.00849 e. The first-order valence-electron chi connectivity index (χ1n) is 6.07. The molecule has 0 radical (unpaired) electrons. The lowest BCUT2D eigenvalue weighted by Gasteiger charge is -2.05. The summed E-state index contributed by atoms with van der Waals surface area (Å²) in [5.41, 5.74) is 19.0. The van der Waals surface area contributed by atoms with Gasteiger partial charge in [0.15, 0.2) is 0 Å². The molecule has 0 saturated carbocycles. The Hall–Kier alpha value is -1.64. The molecule has 3 heteroatoms. The monoisotopic (exact) mass is 237 g/mol. The fourth-order valence-corrected chi connectivity index (χ4v) is 0.939. The Labute approximate surface area is 106 Å². The Morgan fingerprint density at radius 2 is 1.65 bits per heavy atom. The summed E-state index contributed by atoms with van der Waals surface area (Å²) < 4.78 is 0. The van der Waals surface area contributed by atoms with E-state index < -0.39 is 0 Å². The van der Waals surface area contributed by atoms with E-state index in [2.05, 4.69) is 6.58 Å². The maximum absolute atomic E-state index is 5.46. The molecular weight excluding hydrogens is 210 g/mol. The summed E-state index contributed by atoms with van der Waals surface area (Å²) in [4.78, 5) is 0. The Morgan fingerprint density at radius 3 is 1.82 bits per heavy atom. The van der Waals surface area contributed by atoms with E-state index in [1.165, 1.54) is 0 Å². The van der Waals surface area contributed by atoms with Gasteiger partial charge in [0.25, 0.3) is 0 Å². The van der Waals surface area contributed by atoms with E-state index in [1.54, 1.807) is 12.2 Å². The van der Waals surface area contributed by atoms with E-state index in [9.17, 15) is 0 Å². The van der Waals surface area contributed by atoms with Crippen molar-refractivity contribution in [2.75, 3.05) is 0 Å². The van der Waals surface area contributed by atoms with Crippen molar-refractivity contribution >= 4 is 0 Å². The average Bonchev–Trinajstić information content (AvgIpc) is 2.36. The van der Waals surface area contributed by atoms with E-state index >= 15 is 0 Å². The van der Waals surface area contributed by atoms with Gasteiger partial charge in [0.1, 0.15) is 0 Å². The second kappa shape index (κ2) is 12.4. The first kappa shape index (κ1) is 17.7. The van der Waals surface area contributed by atoms with Crippen molar-refractivity contribution in [2.24, 2.45) is 17.2 Å². The molecular formula is C14H27N3. The molecule has 0 fully saturated rings. The van der Waals surface area contributed by atoms with Gasteiger partial charge in [-0.3, -0.25) is 0 Å². The Bertz CT molecular complexity index is 268. The largest absolute Gasteiger partial charge is 0.402 e. The van der Waals surface area contributed by atoms with E-state index in [4.69, 9.17) is 17.2 Å². The molecule has 0 heterocycles.